The molecule has 0 bridgehead atoms. The SMILES string of the molecule is C=C[C@H](C)CC(=O)N(C)OC. The molecule has 0 aliphatic rings. The van der Waals surface area contributed by atoms with E-state index in [1.807, 2.05) is 6.92 Å². The van der Waals surface area contributed by atoms with Gasteiger partial charge in [-0.3, -0.25) is 9.63 Å². The normalized spacial score (nSPS) is 12.3. The number of carbonyl (C=O) groups is 1. The Morgan fingerprint density at radius 2 is 2.36 bits per heavy atom. The van der Waals surface area contributed by atoms with Gasteiger partial charge in [0.25, 0.3) is 0 Å². The first-order valence-corrected chi connectivity index (χ1v) is 3.55. The number of allylic oxidation sites excluding steroid dienone is 1. The van der Waals surface area contributed by atoms with Gasteiger partial charge in [0.1, 0.15) is 0 Å². The van der Waals surface area contributed by atoms with Crippen molar-refractivity contribution in [1.82, 2.24) is 5.06 Å². The van der Waals surface area contributed by atoms with Crippen LogP contribution >= 0.6 is 0 Å². The molecule has 1 amide bonds. The molecule has 0 aliphatic heterocycles. The second-order valence-corrected chi connectivity index (χ2v) is 2.49. The summed E-state index contributed by atoms with van der Waals surface area (Å²) in [4.78, 5) is 15.8. The summed E-state index contributed by atoms with van der Waals surface area (Å²) in [5.74, 6) is 0.181. The Balaban J connectivity index is 3.76. The third kappa shape index (κ3) is 3.78. The largest absolute Gasteiger partial charge is 0.275 e. The van der Waals surface area contributed by atoms with Gasteiger partial charge in [-0.1, -0.05) is 13.0 Å². The van der Waals surface area contributed by atoms with Gasteiger partial charge in [0.2, 0.25) is 5.91 Å². The first-order chi connectivity index (χ1) is 5.11. The number of rotatable bonds is 4. The lowest BCUT2D eigenvalue weighted by Gasteiger charge is -2.14. The predicted octanol–water partition coefficient (Wildman–Crippen LogP) is 1.22. The average molecular weight is 157 g/mol. The first kappa shape index (κ1) is 10.2. The highest BCUT2D eigenvalue weighted by molar-refractivity contribution is 5.75. The third-order valence-corrected chi connectivity index (χ3v) is 1.52. The van der Waals surface area contributed by atoms with Gasteiger partial charge in [-0.25, -0.2) is 5.06 Å². The molecule has 0 aromatic rings. The summed E-state index contributed by atoms with van der Waals surface area (Å²) in [6.45, 7) is 5.53. The Morgan fingerprint density at radius 3 is 2.73 bits per heavy atom. The van der Waals surface area contributed by atoms with E-state index < -0.39 is 0 Å². The summed E-state index contributed by atoms with van der Waals surface area (Å²) >= 11 is 0. The zero-order valence-corrected chi connectivity index (χ0v) is 7.33. The van der Waals surface area contributed by atoms with Crippen molar-refractivity contribution < 1.29 is 9.63 Å². The molecule has 0 aromatic heterocycles. The number of amides is 1. The van der Waals surface area contributed by atoms with Crippen molar-refractivity contribution in [3.8, 4) is 0 Å². The van der Waals surface area contributed by atoms with E-state index in [1.54, 1.807) is 13.1 Å². The van der Waals surface area contributed by atoms with E-state index in [1.165, 1.54) is 12.2 Å². The maximum Gasteiger partial charge on any atom is 0.246 e. The minimum absolute atomic E-state index is 0.0279. The molecule has 0 fully saturated rings. The highest BCUT2D eigenvalue weighted by atomic mass is 16.7. The highest BCUT2D eigenvalue weighted by Crippen LogP contribution is 2.04. The Hall–Kier alpha value is -0.830. The monoisotopic (exact) mass is 157 g/mol. The smallest absolute Gasteiger partial charge is 0.246 e. The summed E-state index contributed by atoms with van der Waals surface area (Å²) in [5.41, 5.74) is 0. The third-order valence-electron chi connectivity index (χ3n) is 1.52. The molecular weight excluding hydrogens is 142 g/mol. The zero-order valence-electron chi connectivity index (χ0n) is 7.33. The second-order valence-electron chi connectivity index (χ2n) is 2.49. The summed E-state index contributed by atoms with van der Waals surface area (Å²) in [5, 5.41) is 1.22. The summed E-state index contributed by atoms with van der Waals surface area (Å²) < 4.78 is 0. The van der Waals surface area contributed by atoms with E-state index in [-0.39, 0.29) is 11.8 Å². The van der Waals surface area contributed by atoms with Crippen LogP contribution in [0.5, 0.6) is 0 Å². The van der Waals surface area contributed by atoms with Crippen molar-refractivity contribution >= 4 is 5.91 Å². The average Bonchev–Trinajstić information content (AvgIpc) is 2.02. The van der Waals surface area contributed by atoms with Crippen molar-refractivity contribution in [3.63, 3.8) is 0 Å². The topological polar surface area (TPSA) is 29.5 Å². The molecule has 0 saturated carbocycles. The fraction of sp³-hybridized carbons (Fsp3) is 0.625. The van der Waals surface area contributed by atoms with Gasteiger partial charge in [0.05, 0.1) is 7.11 Å². The molecule has 0 spiro atoms. The van der Waals surface area contributed by atoms with Crippen molar-refractivity contribution in [1.29, 1.82) is 0 Å². The summed E-state index contributed by atoms with van der Waals surface area (Å²) in [7, 11) is 3.06. The van der Waals surface area contributed by atoms with Crippen LogP contribution in [0.15, 0.2) is 12.7 Å². The van der Waals surface area contributed by atoms with Gasteiger partial charge in [0, 0.05) is 13.5 Å². The summed E-state index contributed by atoms with van der Waals surface area (Å²) in [6, 6.07) is 0. The summed E-state index contributed by atoms with van der Waals surface area (Å²) in [6.07, 6.45) is 2.20. The lowest BCUT2D eigenvalue weighted by molar-refractivity contribution is -0.169. The van der Waals surface area contributed by atoms with Crippen molar-refractivity contribution in [3.05, 3.63) is 12.7 Å². The first-order valence-electron chi connectivity index (χ1n) is 3.55. The Labute approximate surface area is 67.6 Å². The van der Waals surface area contributed by atoms with E-state index in [2.05, 4.69) is 6.58 Å². The van der Waals surface area contributed by atoms with Crippen molar-refractivity contribution in [2.24, 2.45) is 5.92 Å². The standard InChI is InChI=1S/C8H15NO2/c1-5-7(2)6-8(10)9(3)11-4/h5,7H,1,6H2,2-4H3/t7-/m0/s1. The maximum atomic E-state index is 11.1. The van der Waals surface area contributed by atoms with Crippen LogP contribution in [0.4, 0.5) is 0 Å². The molecule has 3 heteroatoms. The molecule has 11 heavy (non-hydrogen) atoms. The minimum Gasteiger partial charge on any atom is -0.275 e. The van der Waals surface area contributed by atoms with Crippen LogP contribution in [0.1, 0.15) is 13.3 Å². The number of hydrogen-bond acceptors (Lipinski definition) is 2. The number of carbonyl (C=O) groups excluding carboxylic acids is 1. The van der Waals surface area contributed by atoms with Crippen LogP contribution in [-0.4, -0.2) is 25.1 Å². The maximum absolute atomic E-state index is 11.1. The number of hydrogen-bond donors (Lipinski definition) is 0. The molecule has 0 radical (unpaired) electrons. The van der Waals surface area contributed by atoms with Gasteiger partial charge in [-0.05, 0) is 5.92 Å². The van der Waals surface area contributed by atoms with E-state index in [0.29, 0.717) is 6.42 Å². The number of nitrogens with zero attached hydrogens (tertiary/aromatic N) is 1. The quantitative estimate of drug-likeness (QED) is 0.453. The Bertz CT molecular complexity index is 145. The van der Waals surface area contributed by atoms with Crippen LogP contribution in [0, 0.1) is 5.92 Å². The molecule has 0 rings (SSSR count). The van der Waals surface area contributed by atoms with Crippen molar-refractivity contribution in [2.75, 3.05) is 14.2 Å². The lowest BCUT2D eigenvalue weighted by Crippen LogP contribution is -2.26. The van der Waals surface area contributed by atoms with Crippen molar-refractivity contribution in [2.45, 2.75) is 13.3 Å². The molecule has 0 aliphatic carbocycles. The molecule has 1 atom stereocenters. The van der Waals surface area contributed by atoms with Crippen LogP contribution in [-0.2, 0) is 9.63 Å². The van der Waals surface area contributed by atoms with Gasteiger partial charge in [-0.15, -0.1) is 6.58 Å². The lowest BCUT2D eigenvalue weighted by atomic mass is 10.1. The van der Waals surface area contributed by atoms with E-state index in [0.717, 1.165) is 0 Å². The van der Waals surface area contributed by atoms with Crippen LogP contribution in [0.3, 0.4) is 0 Å². The molecule has 0 saturated heterocycles. The molecule has 0 aromatic carbocycles. The predicted molar refractivity (Wildman–Crippen MR) is 43.8 cm³/mol. The molecular formula is C8H15NO2. The van der Waals surface area contributed by atoms with Gasteiger partial charge < -0.3 is 0 Å². The van der Waals surface area contributed by atoms with Crippen LogP contribution in [0.25, 0.3) is 0 Å². The Morgan fingerprint density at radius 1 is 1.82 bits per heavy atom. The van der Waals surface area contributed by atoms with Gasteiger partial charge >= 0.3 is 0 Å². The minimum atomic E-state index is -0.0279. The molecule has 0 heterocycles. The Kier molecular flexibility index (Phi) is 4.54. The van der Waals surface area contributed by atoms with Gasteiger partial charge in [0.15, 0.2) is 0 Å². The highest BCUT2D eigenvalue weighted by Gasteiger charge is 2.09. The molecule has 64 valence electrons. The molecule has 3 nitrogen and oxygen atoms in total. The fourth-order valence-electron chi connectivity index (χ4n) is 0.589. The van der Waals surface area contributed by atoms with E-state index >= 15 is 0 Å². The zero-order chi connectivity index (χ0) is 8.85. The van der Waals surface area contributed by atoms with Crippen LogP contribution in [0.2, 0.25) is 0 Å². The molecule has 0 N–H and O–H groups in total. The fourth-order valence-corrected chi connectivity index (χ4v) is 0.589. The second kappa shape index (κ2) is 4.91. The molecule has 0 unspecified atom stereocenters. The van der Waals surface area contributed by atoms with Gasteiger partial charge in [-0.2, -0.15) is 0 Å². The van der Waals surface area contributed by atoms with Crippen LogP contribution < -0.4 is 0 Å². The number of hydroxylamine groups is 2. The van der Waals surface area contributed by atoms with E-state index in [9.17, 15) is 4.79 Å². The van der Waals surface area contributed by atoms with E-state index in [4.69, 9.17) is 4.84 Å².